The molecule has 0 saturated carbocycles. The van der Waals surface area contributed by atoms with Gasteiger partial charge < -0.3 is 5.32 Å². The van der Waals surface area contributed by atoms with Crippen LogP contribution >= 0.6 is 0 Å². The van der Waals surface area contributed by atoms with Crippen LogP contribution in [0, 0.1) is 5.41 Å². The SMILES string of the molecule is CC(C)(C)CC1CN(Cc2ccccc2)CCN1. The number of rotatable bonds is 3. The Balaban J connectivity index is 1.87. The molecule has 1 unspecified atom stereocenters. The van der Waals surface area contributed by atoms with E-state index >= 15 is 0 Å². The second kappa shape index (κ2) is 5.85. The van der Waals surface area contributed by atoms with Crippen LogP contribution in [0.2, 0.25) is 0 Å². The van der Waals surface area contributed by atoms with Gasteiger partial charge in [0.15, 0.2) is 0 Å². The van der Waals surface area contributed by atoms with Crippen molar-refractivity contribution < 1.29 is 0 Å². The van der Waals surface area contributed by atoms with Gasteiger partial charge in [-0.3, -0.25) is 4.90 Å². The molecular weight excluding hydrogens is 220 g/mol. The van der Waals surface area contributed by atoms with Crippen LogP contribution in [0.1, 0.15) is 32.8 Å². The molecule has 0 radical (unpaired) electrons. The lowest BCUT2D eigenvalue weighted by molar-refractivity contribution is 0.163. The zero-order valence-corrected chi connectivity index (χ0v) is 11.9. The van der Waals surface area contributed by atoms with Gasteiger partial charge in [0, 0.05) is 32.2 Å². The van der Waals surface area contributed by atoms with E-state index in [0.717, 1.165) is 19.6 Å². The van der Waals surface area contributed by atoms with Crippen molar-refractivity contribution in [2.24, 2.45) is 5.41 Å². The highest BCUT2D eigenvalue weighted by molar-refractivity contribution is 5.14. The third-order valence-corrected chi connectivity index (χ3v) is 3.45. The molecule has 1 atom stereocenters. The van der Waals surface area contributed by atoms with Crippen LogP contribution in [0.15, 0.2) is 30.3 Å². The molecule has 1 heterocycles. The van der Waals surface area contributed by atoms with Crippen LogP contribution < -0.4 is 5.32 Å². The summed E-state index contributed by atoms with van der Waals surface area (Å²) in [5.41, 5.74) is 1.84. The minimum atomic E-state index is 0.410. The molecule has 0 aliphatic carbocycles. The number of benzene rings is 1. The van der Waals surface area contributed by atoms with Gasteiger partial charge in [-0.25, -0.2) is 0 Å². The molecule has 2 heteroatoms. The van der Waals surface area contributed by atoms with E-state index in [-0.39, 0.29) is 0 Å². The minimum Gasteiger partial charge on any atom is -0.311 e. The lowest BCUT2D eigenvalue weighted by Gasteiger charge is -2.36. The minimum absolute atomic E-state index is 0.410. The standard InChI is InChI=1S/C16H26N2/c1-16(2,3)11-15-13-18(10-9-17-15)12-14-7-5-4-6-8-14/h4-8,15,17H,9-13H2,1-3H3. The molecule has 1 aliphatic rings. The van der Waals surface area contributed by atoms with Crippen molar-refractivity contribution in [2.75, 3.05) is 19.6 Å². The average Bonchev–Trinajstić information content (AvgIpc) is 2.28. The van der Waals surface area contributed by atoms with Gasteiger partial charge >= 0.3 is 0 Å². The van der Waals surface area contributed by atoms with E-state index in [1.807, 2.05) is 0 Å². The Bertz CT molecular complexity index is 353. The van der Waals surface area contributed by atoms with E-state index in [1.54, 1.807) is 0 Å². The Labute approximate surface area is 111 Å². The number of nitrogens with zero attached hydrogens (tertiary/aromatic N) is 1. The Morgan fingerprint density at radius 3 is 2.61 bits per heavy atom. The fraction of sp³-hybridized carbons (Fsp3) is 0.625. The molecule has 2 rings (SSSR count). The number of nitrogens with one attached hydrogen (secondary N) is 1. The summed E-state index contributed by atoms with van der Waals surface area (Å²) in [7, 11) is 0. The highest BCUT2D eigenvalue weighted by Gasteiger charge is 2.23. The van der Waals surface area contributed by atoms with E-state index < -0.39 is 0 Å². The summed E-state index contributed by atoms with van der Waals surface area (Å²) in [5, 5.41) is 3.65. The normalized spacial score (nSPS) is 22.1. The zero-order valence-electron chi connectivity index (χ0n) is 11.9. The summed E-state index contributed by atoms with van der Waals surface area (Å²) in [5.74, 6) is 0. The fourth-order valence-corrected chi connectivity index (χ4v) is 2.76. The van der Waals surface area contributed by atoms with Gasteiger partial charge in [0.1, 0.15) is 0 Å². The van der Waals surface area contributed by atoms with Crippen molar-refractivity contribution in [3.8, 4) is 0 Å². The number of hydrogen-bond donors (Lipinski definition) is 1. The molecule has 0 amide bonds. The third-order valence-electron chi connectivity index (χ3n) is 3.45. The van der Waals surface area contributed by atoms with Gasteiger partial charge in [0.2, 0.25) is 0 Å². The molecule has 2 nitrogen and oxygen atoms in total. The number of hydrogen-bond acceptors (Lipinski definition) is 2. The Morgan fingerprint density at radius 2 is 1.94 bits per heavy atom. The lowest BCUT2D eigenvalue weighted by Crippen LogP contribution is -2.51. The molecule has 1 aliphatic heterocycles. The molecule has 1 fully saturated rings. The van der Waals surface area contributed by atoms with Crippen molar-refractivity contribution in [1.82, 2.24) is 10.2 Å². The monoisotopic (exact) mass is 246 g/mol. The van der Waals surface area contributed by atoms with Crippen molar-refractivity contribution in [3.63, 3.8) is 0 Å². The second-order valence-electron chi connectivity index (χ2n) is 6.64. The van der Waals surface area contributed by atoms with E-state index in [1.165, 1.54) is 18.5 Å². The molecule has 0 aromatic heterocycles. The zero-order chi connectivity index (χ0) is 13.0. The summed E-state index contributed by atoms with van der Waals surface area (Å²) in [6, 6.07) is 11.4. The molecule has 0 bridgehead atoms. The maximum atomic E-state index is 3.65. The molecule has 1 aromatic rings. The number of piperazine rings is 1. The highest BCUT2D eigenvalue weighted by Crippen LogP contribution is 2.22. The van der Waals surface area contributed by atoms with Crippen molar-refractivity contribution >= 4 is 0 Å². The van der Waals surface area contributed by atoms with Crippen LogP contribution in [0.4, 0.5) is 0 Å². The molecule has 1 saturated heterocycles. The highest BCUT2D eigenvalue weighted by atomic mass is 15.2. The van der Waals surface area contributed by atoms with Crippen molar-refractivity contribution in [3.05, 3.63) is 35.9 Å². The maximum absolute atomic E-state index is 3.65. The van der Waals surface area contributed by atoms with Crippen LogP contribution in [0.5, 0.6) is 0 Å². The van der Waals surface area contributed by atoms with Gasteiger partial charge in [-0.15, -0.1) is 0 Å². The summed E-state index contributed by atoms with van der Waals surface area (Å²) in [4.78, 5) is 2.57. The van der Waals surface area contributed by atoms with Gasteiger partial charge in [0.25, 0.3) is 0 Å². The molecule has 18 heavy (non-hydrogen) atoms. The van der Waals surface area contributed by atoms with Crippen molar-refractivity contribution in [1.29, 1.82) is 0 Å². The summed E-state index contributed by atoms with van der Waals surface area (Å²) >= 11 is 0. The lowest BCUT2D eigenvalue weighted by atomic mass is 9.87. The maximum Gasteiger partial charge on any atom is 0.0234 e. The van der Waals surface area contributed by atoms with Crippen LogP contribution in [-0.2, 0) is 6.54 Å². The molecular formula is C16H26N2. The van der Waals surface area contributed by atoms with Crippen LogP contribution in [0.3, 0.4) is 0 Å². The predicted molar refractivity (Wildman–Crippen MR) is 77.6 cm³/mol. The van der Waals surface area contributed by atoms with Gasteiger partial charge in [-0.1, -0.05) is 51.1 Å². The van der Waals surface area contributed by atoms with E-state index in [2.05, 4.69) is 61.3 Å². The smallest absolute Gasteiger partial charge is 0.0234 e. The quantitative estimate of drug-likeness (QED) is 0.882. The average molecular weight is 246 g/mol. The predicted octanol–water partition coefficient (Wildman–Crippen LogP) is 2.90. The van der Waals surface area contributed by atoms with Gasteiger partial charge in [-0.05, 0) is 17.4 Å². The summed E-state index contributed by atoms with van der Waals surface area (Å²) < 4.78 is 0. The van der Waals surface area contributed by atoms with Crippen LogP contribution in [-0.4, -0.2) is 30.6 Å². The van der Waals surface area contributed by atoms with Crippen molar-refractivity contribution in [2.45, 2.75) is 39.8 Å². The molecule has 1 aromatic carbocycles. The summed E-state index contributed by atoms with van der Waals surface area (Å²) in [6.45, 7) is 11.5. The van der Waals surface area contributed by atoms with Crippen LogP contribution in [0.25, 0.3) is 0 Å². The topological polar surface area (TPSA) is 15.3 Å². The second-order valence-corrected chi connectivity index (χ2v) is 6.64. The fourth-order valence-electron chi connectivity index (χ4n) is 2.76. The molecule has 100 valence electrons. The van der Waals surface area contributed by atoms with E-state index in [0.29, 0.717) is 11.5 Å². The van der Waals surface area contributed by atoms with E-state index in [9.17, 15) is 0 Å². The Morgan fingerprint density at radius 1 is 1.22 bits per heavy atom. The third kappa shape index (κ3) is 4.43. The van der Waals surface area contributed by atoms with Gasteiger partial charge in [0.05, 0.1) is 0 Å². The first-order valence-corrected chi connectivity index (χ1v) is 7.03. The largest absolute Gasteiger partial charge is 0.311 e. The van der Waals surface area contributed by atoms with Gasteiger partial charge in [-0.2, -0.15) is 0 Å². The molecule has 0 spiro atoms. The first kappa shape index (κ1) is 13.6. The molecule has 1 N–H and O–H groups in total. The Hall–Kier alpha value is -0.860. The first-order chi connectivity index (χ1) is 8.53. The summed E-state index contributed by atoms with van der Waals surface area (Å²) in [6.07, 6.45) is 1.25. The van der Waals surface area contributed by atoms with E-state index in [4.69, 9.17) is 0 Å². The first-order valence-electron chi connectivity index (χ1n) is 7.03. The Kier molecular flexibility index (Phi) is 4.41.